The lowest BCUT2D eigenvalue weighted by atomic mass is 9.79. The fourth-order valence-electron chi connectivity index (χ4n) is 10.6. The molecule has 8 nitrogen and oxygen atoms in total. The second-order valence-electron chi connectivity index (χ2n) is 19.2. The predicted octanol–water partition coefficient (Wildman–Crippen LogP) is 17.8. The molecule has 6 aromatic heterocycles. The van der Waals surface area contributed by atoms with E-state index in [4.69, 9.17) is 20.4 Å². The van der Waals surface area contributed by atoms with Gasteiger partial charge < -0.3 is 18.9 Å². The standard InChI is InChI=1S/C34H20N2OS.C24H17BO2S.C10H5ClN2O/c1-3-16-29-28(13-1)32-33(37-29)31(35-20-36-32)24-11-6-9-22(19-24)21-8-5-10-23(18-21)25-14-7-15-27-26-12-2-4-17-30(26)38-34(25)27;26-25(27)19-9-4-7-17(15-19)16-6-3-8-18(14-16)20-11-5-12-22-21-10-1-2-13-23(21)28-24(20)22;11-10-9-8(12-5-13-10)6-3-1-2-4-7(6)14-9/h1-20H;1-15,26-27H;1-5H. The number of hydrogen-bond donors (Lipinski definition) is 2. The van der Waals surface area contributed by atoms with Gasteiger partial charge in [0.2, 0.25) is 0 Å². The molecule has 16 aromatic rings. The van der Waals surface area contributed by atoms with Crippen LogP contribution in [0.1, 0.15) is 0 Å². The third-order valence-corrected chi connectivity index (χ3v) is 17.1. The highest BCUT2D eigenvalue weighted by Gasteiger charge is 2.18. The Morgan fingerprint density at radius 3 is 1.34 bits per heavy atom. The Morgan fingerprint density at radius 1 is 0.362 bits per heavy atom. The monoisotopic (exact) mass is 1090 g/mol. The van der Waals surface area contributed by atoms with E-state index in [1.165, 1.54) is 63.4 Å². The molecule has 0 bridgehead atoms. The third-order valence-electron chi connectivity index (χ3n) is 14.4. The summed E-state index contributed by atoms with van der Waals surface area (Å²) in [6, 6.07) is 79.0. The number of furan rings is 2. The van der Waals surface area contributed by atoms with Crippen LogP contribution in [0, 0.1) is 0 Å². The summed E-state index contributed by atoms with van der Waals surface area (Å²) in [6.07, 6.45) is 3.06. The Kier molecular flexibility index (Phi) is 12.7. The van der Waals surface area contributed by atoms with Crippen LogP contribution in [0.15, 0.2) is 252 Å². The number of fused-ring (bicyclic) bond motifs is 12. The summed E-state index contributed by atoms with van der Waals surface area (Å²) >= 11 is 9.57. The minimum atomic E-state index is -1.46. The van der Waals surface area contributed by atoms with E-state index in [0.29, 0.717) is 16.2 Å². The number of thiophene rings is 2. The first kappa shape index (κ1) is 49.0. The van der Waals surface area contributed by atoms with E-state index in [2.05, 4.69) is 178 Å². The zero-order valence-corrected chi connectivity index (χ0v) is 44.8. The number of hydrogen-bond acceptors (Lipinski definition) is 10. The molecule has 10 aromatic carbocycles. The normalized spacial score (nSPS) is 11.4. The first-order valence-corrected chi connectivity index (χ1v) is 27.9. The largest absolute Gasteiger partial charge is 0.488 e. The minimum absolute atomic E-state index is 0.353. The summed E-state index contributed by atoms with van der Waals surface area (Å²) in [7, 11) is -1.46. The second-order valence-corrected chi connectivity index (χ2v) is 21.7. The van der Waals surface area contributed by atoms with Crippen LogP contribution >= 0.6 is 34.3 Å². The fourth-order valence-corrected chi connectivity index (χ4v) is 13.3. The van der Waals surface area contributed by atoms with E-state index < -0.39 is 7.12 Å². The van der Waals surface area contributed by atoms with Gasteiger partial charge in [0.1, 0.15) is 40.5 Å². The molecule has 6 heterocycles. The van der Waals surface area contributed by atoms with Gasteiger partial charge in [-0.25, -0.2) is 19.9 Å². The molecule has 0 atom stereocenters. The van der Waals surface area contributed by atoms with Gasteiger partial charge in [-0.05, 0) is 105 Å². The number of aromatic nitrogens is 4. The molecule has 0 fully saturated rings. The third kappa shape index (κ3) is 9.03. The van der Waals surface area contributed by atoms with Gasteiger partial charge >= 0.3 is 7.12 Å². The molecule has 0 aliphatic heterocycles. The molecule has 0 amide bonds. The Morgan fingerprint density at radius 2 is 0.775 bits per heavy atom. The summed E-state index contributed by atoms with van der Waals surface area (Å²) in [5.74, 6) is 0. The lowest BCUT2D eigenvalue weighted by Crippen LogP contribution is -2.29. The first-order valence-electron chi connectivity index (χ1n) is 25.9. The highest BCUT2D eigenvalue weighted by Crippen LogP contribution is 2.43. The van der Waals surface area contributed by atoms with Crippen molar-refractivity contribution in [1.29, 1.82) is 0 Å². The molecule has 0 spiro atoms. The van der Waals surface area contributed by atoms with Gasteiger partial charge in [0.25, 0.3) is 0 Å². The van der Waals surface area contributed by atoms with Crippen molar-refractivity contribution in [3.63, 3.8) is 0 Å². The van der Waals surface area contributed by atoms with Crippen LogP contribution in [-0.2, 0) is 0 Å². The average molecular weight is 1090 g/mol. The second kappa shape index (κ2) is 20.8. The zero-order valence-electron chi connectivity index (χ0n) is 42.4. The maximum Gasteiger partial charge on any atom is 0.488 e. The highest BCUT2D eigenvalue weighted by molar-refractivity contribution is 7.26. The van der Waals surface area contributed by atoms with Crippen LogP contribution in [0.25, 0.3) is 140 Å². The van der Waals surface area contributed by atoms with Gasteiger partial charge in [-0.3, -0.25) is 0 Å². The van der Waals surface area contributed by atoms with Crippen molar-refractivity contribution in [2.75, 3.05) is 0 Å². The minimum Gasteiger partial charge on any atom is -0.452 e. The van der Waals surface area contributed by atoms with Crippen molar-refractivity contribution in [3.05, 3.63) is 248 Å². The molecule has 16 rings (SSSR count). The number of para-hydroxylation sites is 2. The first-order chi connectivity index (χ1) is 39.4. The maximum absolute atomic E-state index is 9.47. The van der Waals surface area contributed by atoms with Gasteiger partial charge in [0.05, 0.1) is 0 Å². The quantitative estimate of drug-likeness (QED) is 0.125. The van der Waals surface area contributed by atoms with Gasteiger partial charge in [0.15, 0.2) is 16.3 Å². The Bertz CT molecular complexity index is 4860. The fraction of sp³-hybridized carbons (Fsp3) is 0. The Balaban J connectivity index is 0.000000120. The van der Waals surface area contributed by atoms with Crippen molar-refractivity contribution < 1.29 is 18.9 Å². The van der Waals surface area contributed by atoms with Crippen LogP contribution in [0.5, 0.6) is 0 Å². The molecular weight excluding hydrogens is 1050 g/mol. The Hall–Kier alpha value is -9.33. The van der Waals surface area contributed by atoms with E-state index in [0.717, 1.165) is 77.6 Å². The number of nitrogens with zero attached hydrogens (tertiary/aromatic N) is 4. The van der Waals surface area contributed by atoms with E-state index in [-0.39, 0.29) is 0 Å². The van der Waals surface area contributed by atoms with E-state index >= 15 is 0 Å². The lowest BCUT2D eigenvalue weighted by Gasteiger charge is -2.09. The molecule has 0 saturated heterocycles. The van der Waals surface area contributed by atoms with Crippen LogP contribution in [0.4, 0.5) is 0 Å². The number of benzene rings is 10. The van der Waals surface area contributed by atoms with Crippen molar-refractivity contribution in [2.24, 2.45) is 0 Å². The summed E-state index contributed by atoms with van der Waals surface area (Å²) in [5.41, 5.74) is 16.0. The van der Waals surface area contributed by atoms with Crippen molar-refractivity contribution >= 4 is 131 Å². The van der Waals surface area contributed by atoms with Crippen LogP contribution in [0.3, 0.4) is 0 Å². The molecule has 2 N–H and O–H groups in total. The Labute approximate surface area is 471 Å². The lowest BCUT2D eigenvalue weighted by molar-refractivity contribution is 0.426. The molecule has 0 saturated carbocycles. The van der Waals surface area contributed by atoms with Gasteiger partial charge in [-0.15, -0.1) is 22.7 Å². The van der Waals surface area contributed by atoms with Crippen LogP contribution in [-0.4, -0.2) is 37.1 Å². The molecule has 0 radical (unpaired) electrons. The average Bonchev–Trinajstić information content (AvgIpc) is 4.31. The van der Waals surface area contributed by atoms with E-state index in [1.54, 1.807) is 12.4 Å². The van der Waals surface area contributed by atoms with Crippen molar-refractivity contribution in [3.8, 4) is 55.8 Å². The molecule has 0 aliphatic carbocycles. The highest BCUT2D eigenvalue weighted by atomic mass is 35.5. The molecule has 0 aliphatic rings. The van der Waals surface area contributed by atoms with Crippen molar-refractivity contribution in [2.45, 2.75) is 0 Å². The molecule has 12 heteroatoms. The van der Waals surface area contributed by atoms with Gasteiger partial charge in [0, 0.05) is 56.7 Å². The summed E-state index contributed by atoms with van der Waals surface area (Å²) in [5, 5.41) is 26.5. The van der Waals surface area contributed by atoms with E-state index in [1.807, 2.05) is 89.4 Å². The zero-order chi connectivity index (χ0) is 53.7. The summed E-state index contributed by atoms with van der Waals surface area (Å²) in [6.45, 7) is 0. The molecular formula is C68H42BClN4O4S2. The predicted molar refractivity (Wildman–Crippen MR) is 333 cm³/mol. The molecule has 80 heavy (non-hydrogen) atoms. The number of halogens is 1. The van der Waals surface area contributed by atoms with Crippen molar-refractivity contribution in [1.82, 2.24) is 19.9 Å². The van der Waals surface area contributed by atoms with Crippen LogP contribution in [0.2, 0.25) is 5.15 Å². The summed E-state index contributed by atoms with van der Waals surface area (Å²) in [4.78, 5) is 17.1. The SMILES string of the molecule is Clc1ncnc2c1oc1ccccc12.OB(O)c1cccc(-c2cccc(-c3cccc4c3sc3ccccc34)c2)c1.c1cc(-c2cccc(-c3cccc4c3sc3ccccc34)c2)cc(-c2ncnc3c2oc2ccccc23)c1. The molecule has 380 valence electrons. The molecule has 0 unspecified atom stereocenters. The van der Waals surface area contributed by atoms with Gasteiger partial charge in [-0.2, -0.15) is 0 Å². The maximum atomic E-state index is 9.47. The summed E-state index contributed by atoms with van der Waals surface area (Å²) < 4.78 is 17.0. The number of rotatable bonds is 6. The topological polar surface area (TPSA) is 118 Å². The smallest absolute Gasteiger partial charge is 0.452 e. The van der Waals surface area contributed by atoms with Gasteiger partial charge in [-0.1, -0.05) is 188 Å². The van der Waals surface area contributed by atoms with Crippen LogP contribution < -0.4 is 5.46 Å². The van der Waals surface area contributed by atoms with E-state index in [9.17, 15) is 10.0 Å².